The van der Waals surface area contributed by atoms with Gasteiger partial charge >= 0.3 is 0 Å². The van der Waals surface area contributed by atoms with Crippen LogP contribution in [0.25, 0.3) is 0 Å². The van der Waals surface area contributed by atoms with Crippen LogP contribution in [0.4, 0.5) is 0 Å². The van der Waals surface area contributed by atoms with Crippen LogP contribution in [0.3, 0.4) is 0 Å². The van der Waals surface area contributed by atoms with Crippen LogP contribution in [-0.4, -0.2) is 11.0 Å². The van der Waals surface area contributed by atoms with E-state index in [1.807, 2.05) is 12.1 Å². The molecule has 1 aromatic heterocycles. The Morgan fingerprint density at radius 1 is 1.25 bits per heavy atom. The Morgan fingerprint density at radius 2 is 1.88 bits per heavy atom. The normalized spacial score (nSPS) is 22.1. The van der Waals surface area contributed by atoms with Crippen molar-refractivity contribution in [1.82, 2.24) is 10.3 Å². The van der Waals surface area contributed by atoms with E-state index in [-0.39, 0.29) is 0 Å². The third-order valence-electron chi connectivity index (χ3n) is 4.28. The molecule has 0 radical (unpaired) electrons. The SMILES string of the molecule is CC1(C)C(NCc2cccc(Br)n2)C1(C)C. The Labute approximate surface area is 106 Å². The smallest absolute Gasteiger partial charge is 0.106 e. The van der Waals surface area contributed by atoms with Gasteiger partial charge in [-0.15, -0.1) is 0 Å². The molecule has 1 fully saturated rings. The van der Waals surface area contributed by atoms with Crippen molar-refractivity contribution < 1.29 is 0 Å². The molecule has 0 unspecified atom stereocenters. The molecule has 1 aliphatic carbocycles. The molecule has 0 atom stereocenters. The van der Waals surface area contributed by atoms with Crippen molar-refractivity contribution in [3.8, 4) is 0 Å². The molecule has 3 heteroatoms. The fraction of sp³-hybridized carbons (Fsp3) is 0.615. The Balaban J connectivity index is 1.95. The van der Waals surface area contributed by atoms with Crippen molar-refractivity contribution in [3.05, 3.63) is 28.5 Å². The van der Waals surface area contributed by atoms with Crippen molar-refractivity contribution in [2.75, 3.05) is 0 Å². The lowest BCUT2D eigenvalue weighted by Crippen LogP contribution is -2.22. The maximum absolute atomic E-state index is 4.42. The summed E-state index contributed by atoms with van der Waals surface area (Å²) < 4.78 is 0.904. The number of hydrogen-bond donors (Lipinski definition) is 1. The molecular formula is C13H19BrN2. The highest BCUT2D eigenvalue weighted by Crippen LogP contribution is 2.62. The molecule has 0 aromatic carbocycles. The fourth-order valence-corrected chi connectivity index (χ4v) is 2.84. The predicted molar refractivity (Wildman–Crippen MR) is 70.1 cm³/mol. The van der Waals surface area contributed by atoms with Crippen LogP contribution >= 0.6 is 15.9 Å². The predicted octanol–water partition coefficient (Wildman–Crippen LogP) is 3.37. The van der Waals surface area contributed by atoms with E-state index in [0.717, 1.165) is 16.8 Å². The van der Waals surface area contributed by atoms with Crippen molar-refractivity contribution in [1.29, 1.82) is 0 Å². The number of nitrogens with zero attached hydrogens (tertiary/aromatic N) is 1. The molecule has 0 spiro atoms. The molecular weight excluding hydrogens is 264 g/mol. The third-order valence-corrected chi connectivity index (χ3v) is 4.72. The van der Waals surface area contributed by atoms with Gasteiger partial charge in [0.05, 0.1) is 5.69 Å². The second kappa shape index (κ2) is 3.81. The molecule has 0 bridgehead atoms. The maximum atomic E-state index is 4.42. The maximum Gasteiger partial charge on any atom is 0.106 e. The lowest BCUT2D eigenvalue weighted by atomic mass is 10.0. The molecule has 2 nitrogen and oxygen atoms in total. The Kier molecular flexibility index (Phi) is 2.87. The van der Waals surface area contributed by atoms with E-state index in [4.69, 9.17) is 0 Å². The molecule has 0 aliphatic heterocycles. The molecule has 1 saturated carbocycles. The first kappa shape index (κ1) is 12.1. The summed E-state index contributed by atoms with van der Waals surface area (Å²) in [5.74, 6) is 0. The average molecular weight is 283 g/mol. The van der Waals surface area contributed by atoms with E-state index in [1.54, 1.807) is 0 Å². The largest absolute Gasteiger partial charge is 0.307 e. The van der Waals surface area contributed by atoms with E-state index >= 15 is 0 Å². The van der Waals surface area contributed by atoms with Gasteiger partial charge in [0.1, 0.15) is 4.60 Å². The van der Waals surface area contributed by atoms with E-state index in [1.165, 1.54) is 0 Å². The topological polar surface area (TPSA) is 24.9 Å². The lowest BCUT2D eigenvalue weighted by molar-refractivity contribution is 0.457. The van der Waals surface area contributed by atoms with Gasteiger partial charge in [0.2, 0.25) is 0 Å². The van der Waals surface area contributed by atoms with Gasteiger partial charge in [0, 0.05) is 12.6 Å². The van der Waals surface area contributed by atoms with E-state index in [9.17, 15) is 0 Å². The van der Waals surface area contributed by atoms with Crippen LogP contribution in [0.1, 0.15) is 33.4 Å². The number of aromatic nitrogens is 1. The van der Waals surface area contributed by atoms with Gasteiger partial charge in [-0.2, -0.15) is 0 Å². The summed E-state index contributed by atoms with van der Waals surface area (Å²) in [4.78, 5) is 4.42. The second-order valence-corrected chi connectivity index (χ2v) is 6.52. The van der Waals surface area contributed by atoms with Crippen LogP contribution in [-0.2, 0) is 6.54 Å². The summed E-state index contributed by atoms with van der Waals surface area (Å²) in [6.45, 7) is 10.1. The highest BCUT2D eigenvalue weighted by Gasteiger charge is 2.64. The van der Waals surface area contributed by atoms with Crippen LogP contribution < -0.4 is 5.32 Å². The molecule has 0 amide bonds. The Hall–Kier alpha value is -0.410. The fourth-order valence-electron chi connectivity index (χ4n) is 2.46. The standard InChI is InChI=1S/C13H19BrN2/c1-12(2)11(13(12,3)4)15-8-9-6-5-7-10(14)16-9/h5-7,11,15H,8H2,1-4H3. The Bertz CT molecular complexity index is 385. The van der Waals surface area contributed by atoms with Gasteiger partial charge < -0.3 is 5.32 Å². The Morgan fingerprint density at radius 3 is 2.38 bits per heavy atom. The first-order valence-corrected chi connectivity index (χ1v) is 6.50. The minimum Gasteiger partial charge on any atom is -0.307 e. The molecule has 1 aliphatic rings. The van der Waals surface area contributed by atoms with Crippen molar-refractivity contribution in [2.45, 2.75) is 40.3 Å². The summed E-state index contributed by atoms with van der Waals surface area (Å²) in [6, 6.07) is 6.62. The third kappa shape index (κ3) is 1.91. The van der Waals surface area contributed by atoms with E-state index in [2.05, 4.69) is 60.0 Å². The molecule has 16 heavy (non-hydrogen) atoms. The monoisotopic (exact) mass is 282 g/mol. The highest BCUT2D eigenvalue weighted by atomic mass is 79.9. The zero-order valence-electron chi connectivity index (χ0n) is 10.3. The van der Waals surface area contributed by atoms with Gasteiger partial charge in [0.15, 0.2) is 0 Å². The summed E-state index contributed by atoms with van der Waals surface area (Å²) in [5, 5.41) is 3.60. The van der Waals surface area contributed by atoms with Crippen molar-refractivity contribution in [3.63, 3.8) is 0 Å². The number of hydrogen-bond acceptors (Lipinski definition) is 2. The first-order valence-electron chi connectivity index (χ1n) is 5.70. The average Bonchev–Trinajstić information content (AvgIpc) is 2.55. The summed E-state index contributed by atoms with van der Waals surface area (Å²) >= 11 is 3.39. The van der Waals surface area contributed by atoms with Crippen molar-refractivity contribution >= 4 is 15.9 Å². The summed E-state index contributed by atoms with van der Waals surface area (Å²) in [7, 11) is 0. The summed E-state index contributed by atoms with van der Waals surface area (Å²) in [5.41, 5.74) is 1.87. The molecule has 1 aromatic rings. The molecule has 88 valence electrons. The van der Waals surface area contributed by atoms with Crippen LogP contribution in [0.2, 0.25) is 0 Å². The minimum absolute atomic E-state index is 0.388. The van der Waals surface area contributed by atoms with E-state index in [0.29, 0.717) is 16.9 Å². The van der Waals surface area contributed by atoms with Gasteiger partial charge in [-0.25, -0.2) is 4.98 Å². The van der Waals surface area contributed by atoms with Gasteiger partial charge in [-0.3, -0.25) is 0 Å². The zero-order valence-corrected chi connectivity index (χ0v) is 11.9. The quantitative estimate of drug-likeness (QED) is 0.860. The van der Waals surface area contributed by atoms with Gasteiger partial charge in [-0.1, -0.05) is 33.8 Å². The number of pyridine rings is 1. The molecule has 0 saturated heterocycles. The second-order valence-electron chi connectivity index (χ2n) is 5.71. The molecule has 1 heterocycles. The van der Waals surface area contributed by atoms with Gasteiger partial charge in [0.25, 0.3) is 0 Å². The lowest BCUT2D eigenvalue weighted by Gasteiger charge is -2.06. The molecule has 2 rings (SSSR count). The van der Waals surface area contributed by atoms with Crippen LogP contribution in [0.15, 0.2) is 22.8 Å². The van der Waals surface area contributed by atoms with Crippen LogP contribution in [0, 0.1) is 10.8 Å². The summed E-state index contributed by atoms with van der Waals surface area (Å²) in [6.07, 6.45) is 0. The minimum atomic E-state index is 0.388. The number of nitrogens with one attached hydrogen (secondary N) is 1. The highest BCUT2D eigenvalue weighted by molar-refractivity contribution is 9.10. The molecule has 1 N–H and O–H groups in total. The zero-order chi connectivity index (χ0) is 12.0. The van der Waals surface area contributed by atoms with Crippen LogP contribution in [0.5, 0.6) is 0 Å². The van der Waals surface area contributed by atoms with Crippen molar-refractivity contribution in [2.24, 2.45) is 10.8 Å². The number of rotatable bonds is 3. The van der Waals surface area contributed by atoms with E-state index < -0.39 is 0 Å². The first-order chi connectivity index (χ1) is 7.35. The number of halogens is 1. The van der Waals surface area contributed by atoms with Gasteiger partial charge in [-0.05, 0) is 38.9 Å².